The van der Waals surface area contributed by atoms with E-state index in [9.17, 15) is 8.42 Å². The molecule has 0 aromatic heterocycles. The van der Waals surface area contributed by atoms with Gasteiger partial charge in [0.15, 0.2) is 0 Å². The van der Waals surface area contributed by atoms with Crippen molar-refractivity contribution in [3.05, 3.63) is 0 Å². The van der Waals surface area contributed by atoms with Crippen LogP contribution in [0.3, 0.4) is 0 Å². The van der Waals surface area contributed by atoms with Crippen molar-refractivity contribution in [1.29, 1.82) is 0 Å². The van der Waals surface area contributed by atoms with E-state index < -0.39 is 10.1 Å². The molecule has 5 heteroatoms. The lowest BCUT2D eigenvalue weighted by Gasteiger charge is -2.01. The summed E-state index contributed by atoms with van der Waals surface area (Å²) in [5, 5.41) is 0. The Labute approximate surface area is 74.0 Å². The minimum absolute atomic E-state index is 0.211. The van der Waals surface area contributed by atoms with Gasteiger partial charge in [-0.2, -0.15) is 8.42 Å². The molecule has 0 heterocycles. The van der Waals surface area contributed by atoms with Crippen LogP contribution in [0.5, 0.6) is 0 Å². The summed E-state index contributed by atoms with van der Waals surface area (Å²) in [6, 6.07) is 0. The highest BCUT2D eigenvalue weighted by Crippen LogP contribution is 1.91. The van der Waals surface area contributed by atoms with Crippen molar-refractivity contribution < 1.29 is 17.3 Å². The maximum Gasteiger partial charge on any atom is 0.264 e. The maximum absolute atomic E-state index is 10.5. The normalized spacial score (nSPS) is 11.8. The van der Waals surface area contributed by atoms with Crippen LogP contribution in [0.15, 0.2) is 0 Å². The van der Waals surface area contributed by atoms with Crippen LogP contribution in [-0.4, -0.2) is 34.5 Å². The molecule has 0 spiro atoms. The lowest BCUT2D eigenvalue weighted by atomic mass is 10.5. The zero-order chi connectivity index (χ0) is 9.45. The van der Waals surface area contributed by atoms with Gasteiger partial charge in [-0.05, 0) is 12.8 Å². The average molecular weight is 196 g/mol. The van der Waals surface area contributed by atoms with Gasteiger partial charge in [-0.15, -0.1) is 0 Å². The van der Waals surface area contributed by atoms with Gasteiger partial charge >= 0.3 is 0 Å². The van der Waals surface area contributed by atoms with Crippen molar-refractivity contribution in [2.75, 3.05) is 26.1 Å². The van der Waals surface area contributed by atoms with E-state index in [2.05, 4.69) is 4.18 Å². The van der Waals surface area contributed by atoms with Crippen molar-refractivity contribution in [3.8, 4) is 0 Å². The summed E-state index contributed by atoms with van der Waals surface area (Å²) in [4.78, 5) is 0. The van der Waals surface area contributed by atoms with Crippen LogP contribution >= 0.6 is 0 Å². The third kappa shape index (κ3) is 9.87. The molecule has 0 aliphatic carbocycles. The van der Waals surface area contributed by atoms with E-state index in [0.717, 1.165) is 19.3 Å². The Kier molecular flexibility index (Phi) is 6.32. The summed E-state index contributed by atoms with van der Waals surface area (Å²) in [6.45, 7) is 3.51. The monoisotopic (exact) mass is 196 g/mol. The van der Waals surface area contributed by atoms with Gasteiger partial charge < -0.3 is 4.74 Å². The van der Waals surface area contributed by atoms with Crippen molar-refractivity contribution in [2.45, 2.75) is 19.8 Å². The molecule has 0 fully saturated rings. The zero-order valence-electron chi connectivity index (χ0n) is 7.58. The van der Waals surface area contributed by atoms with E-state index in [1.165, 1.54) is 0 Å². The molecule has 0 saturated carbocycles. The van der Waals surface area contributed by atoms with Gasteiger partial charge in [-0.3, -0.25) is 4.18 Å². The third-order valence-corrected chi connectivity index (χ3v) is 1.67. The minimum atomic E-state index is -3.27. The Morgan fingerprint density at radius 3 is 2.33 bits per heavy atom. The second kappa shape index (κ2) is 6.39. The van der Waals surface area contributed by atoms with Crippen LogP contribution in [0.1, 0.15) is 19.8 Å². The highest BCUT2D eigenvalue weighted by molar-refractivity contribution is 7.85. The summed E-state index contributed by atoms with van der Waals surface area (Å²) in [5.41, 5.74) is 0. The molecule has 74 valence electrons. The second-order valence-electron chi connectivity index (χ2n) is 2.49. The molecule has 0 aliphatic rings. The first-order valence-electron chi connectivity index (χ1n) is 3.98. The van der Waals surface area contributed by atoms with Crippen LogP contribution in [0.25, 0.3) is 0 Å². The molecule has 4 nitrogen and oxygen atoms in total. The van der Waals surface area contributed by atoms with Gasteiger partial charge in [-0.1, -0.05) is 6.92 Å². The van der Waals surface area contributed by atoms with E-state index in [1.807, 2.05) is 6.92 Å². The molecule has 0 saturated heterocycles. The Balaban J connectivity index is 3.12. The van der Waals surface area contributed by atoms with Crippen LogP contribution in [-0.2, 0) is 19.0 Å². The predicted molar refractivity (Wildman–Crippen MR) is 46.5 cm³/mol. The summed E-state index contributed by atoms with van der Waals surface area (Å²) >= 11 is 0. The molecular weight excluding hydrogens is 180 g/mol. The smallest absolute Gasteiger partial charge is 0.264 e. The highest BCUT2D eigenvalue weighted by atomic mass is 32.2. The number of ether oxygens (including phenoxy) is 1. The Morgan fingerprint density at radius 1 is 1.17 bits per heavy atom. The van der Waals surface area contributed by atoms with E-state index in [1.54, 1.807) is 0 Å². The molecule has 0 unspecified atom stereocenters. The van der Waals surface area contributed by atoms with Gasteiger partial charge in [0.25, 0.3) is 10.1 Å². The molecule has 0 rings (SSSR count). The van der Waals surface area contributed by atoms with Crippen LogP contribution in [0.2, 0.25) is 0 Å². The van der Waals surface area contributed by atoms with Gasteiger partial charge in [-0.25, -0.2) is 0 Å². The first-order valence-corrected chi connectivity index (χ1v) is 5.80. The van der Waals surface area contributed by atoms with E-state index in [0.29, 0.717) is 13.0 Å². The van der Waals surface area contributed by atoms with Gasteiger partial charge in [0.05, 0.1) is 12.9 Å². The van der Waals surface area contributed by atoms with Gasteiger partial charge in [0.2, 0.25) is 0 Å². The zero-order valence-corrected chi connectivity index (χ0v) is 8.39. The Hall–Kier alpha value is -0.130. The summed E-state index contributed by atoms with van der Waals surface area (Å²) < 4.78 is 30.5. The van der Waals surface area contributed by atoms with Crippen molar-refractivity contribution in [3.63, 3.8) is 0 Å². The quantitative estimate of drug-likeness (QED) is 0.446. The fraction of sp³-hybridized carbons (Fsp3) is 1.00. The van der Waals surface area contributed by atoms with E-state index in [4.69, 9.17) is 4.74 Å². The minimum Gasteiger partial charge on any atom is -0.381 e. The molecule has 0 amide bonds. The fourth-order valence-electron chi connectivity index (χ4n) is 0.618. The van der Waals surface area contributed by atoms with Crippen LogP contribution in [0, 0.1) is 0 Å². The van der Waals surface area contributed by atoms with E-state index in [-0.39, 0.29) is 6.61 Å². The lowest BCUT2D eigenvalue weighted by Crippen LogP contribution is -2.06. The largest absolute Gasteiger partial charge is 0.381 e. The molecule has 0 aromatic carbocycles. The SMILES string of the molecule is CCCOCCCOS(C)(=O)=O. The highest BCUT2D eigenvalue weighted by Gasteiger charge is 1.99. The molecule has 0 bridgehead atoms. The second-order valence-corrected chi connectivity index (χ2v) is 4.14. The molecule has 0 aliphatic heterocycles. The summed E-state index contributed by atoms with van der Waals surface area (Å²) in [6.07, 6.45) is 2.64. The maximum atomic E-state index is 10.5. The van der Waals surface area contributed by atoms with Crippen LogP contribution < -0.4 is 0 Å². The third-order valence-electron chi connectivity index (χ3n) is 1.08. The topological polar surface area (TPSA) is 52.6 Å². The summed E-state index contributed by atoms with van der Waals surface area (Å²) in [7, 11) is -3.27. The number of hydrogen-bond donors (Lipinski definition) is 0. The van der Waals surface area contributed by atoms with Crippen molar-refractivity contribution in [2.24, 2.45) is 0 Å². The summed E-state index contributed by atoms with van der Waals surface area (Å²) in [5.74, 6) is 0. The lowest BCUT2D eigenvalue weighted by molar-refractivity contribution is 0.121. The van der Waals surface area contributed by atoms with Gasteiger partial charge in [0.1, 0.15) is 0 Å². The molecule has 0 N–H and O–H groups in total. The standard InChI is InChI=1S/C7H16O4S/c1-3-5-10-6-4-7-11-12(2,8)9/h3-7H2,1-2H3. The predicted octanol–water partition coefficient (Wildman–Crippen LogP) is 0.779. The molecule has 0 aromatic rings. The fourth-order valence-corrected chi connectivity index (χ4v) is 1.04. The molecule has 0 atom stereocenters. The average Bonchev–Trinajstić information content (AvgIpc) is 1.94. The molecule has 12 heavy (non-hydrogen) atoms. The molecule has 0 radical (unpaired) electrons. The molecular formula is C7H16O4S. The number of rotatable bonds is 7. The Morgan fingerprint density at radius 2 is 1.83 bits per heavy atom. The van der Waals surface area contributed by atoms with Crippen molar-refractivity contribution in [1.82, 2.24) is 0 Å². The van der Waals surface area contributed by atoms with Gasteiger partial charge in [0, 0.05) is 13.2 Å². The van der Waals surface area contributed by atoms with E-state index >= 15 is 0 Å². The number of hydrogen-bond acceptors (Lipinski definition) is 4. The first-order chi connectivity index (χ1) is 5.56. The van der Waals surface area contributed by atoms with Crippen LogP contribution in [0.4, 0.5) is 0 Å². The first kappa shape index (κ1) is 11.9. The van der Waals surface area contributed by atoms with Crippen molar-refractivity contribution >= 4 is 10.1 Å². The Bertz CT molecular complexity index is 186.